The van der Waals surface area contributed by atoms with Crippen LogP contribution in [-0.4, -0.2) is 11.0 Å². The number of nitrogens with zero attached hydrogens (tertiary/aromatic N) is 1. The third kappa shape index (κ3) is 3.54. The molecule has 0 saturated carbocycles. The van der Waals surface area contributed by atoms with Crippen LogP contribution in [0.4, 0.5) is 0 Å². The van der Waals surface area contributed by atoms with Crippen molar-refractivity contribution in [1.82, 2.24) is 0 Å². The Morgan fingerprint density at radius 1 is 1.19 bits per heavy atom. The Labute approximate surface area is 124 Å². The molecule has 0 heterocycles. The van der Waals surface area contributed by atoms with Gasteiger partial charge < -0.3 is 15.7 Å². The van der Waals surface area contributed by atoms with Gasteiger partial charge in [-0.3, -0.25) is 0 Å². The van der Waals surface area contributed by atoms with Crippen molar-refractivity contribution < 1.29 is 9.94 Å². The summed E-state index contributed by atoms with van der Waals surface area (Å²) in [5.74, 6) is 1.76. The molecule has 110 valence electrons. The Bertz CT molecular complexity index is 664. The molecule has 21 heavy (non-hydrogen) atoms. The standard InChI is InChI=1S/C17H20N2O2/c1-11(2)13-5-4-6-14(10-13)21-16-8-7-12(3)9-15(16)17(18)19-20/h4-11,20H,1-3H3,(H2,18,19). The van der Waals surface area contributed by atoms with Crippen LogP contribution in [0.2, 0.25) is 0 Å². The van der Waals surface area contributed by atoms with Gasteiger partial charge in [0.2, 0.25) is 0 Å². The molecule has 0 amide bonds. The monoisotopic (exact) mass is 284 g/mol. The molecule has 0 spiro atoms. The zero-order valence-electron chi connectivity index (χ0n) is 12.5. The third-order valence-electron chi connectivity index (χ3n) is 3.27. The fourth-order valence-corrected chi connectivity index (χ4v) is 2.05. The molecule has 0 radical (unpaired) electrons. The Morgan fingerprint density at radius 2 is 1.95 bits per heavy atom. The molecular weight excluding hydrogens is 264 g/mol. The first-order valence-corrected chi connectivity index (χ1v) is 6.87. The van der Waals surface area contributed by atoms with E-state index in [0.717, 1.165) is 11.3 Å². The van der Waals surface area contributed by atoms with E-state index in [1.807, 2.05) is 43.3 Å². The Kier molecular flexibility index (Phi) is 4.48. The summed E-state index contributed by atoms with van der Waals surface area (Å²) in [5, 5.41) is 12.0. The highest BCUT2D eigenvalue weighted by atomic mass is 16.5. The average molecular weight is 284 g/mol. The summed E-state index contributed by atoms with van der Waals surface area (Å²) in [6.07, 6.45) is 0. The van der Waals surface area contributed by atoms with E-state index in [2.05, 4.69) is 25.1 Å². The summed E-state index contributed by atoms with van der Waals surface area (Å²) < 4.78 is 5.91. The predicted molar refractivity (Wildman–Crippen MR) is 84.3 cm³/mol. The van der Waals surface area contributed by atoms with Gasteiger partial charge in [0.15, 0.2) is 5.84 Å². The zero-order valence-corrected chi connectivity index (χ0v) is 12.5. The van der Waals surface area contributed by atoms with Gasteiger partial charge in [-0.15, -0.1) is 0 Å². The number of hydrogen-bond donors (Lipinski definition) is 2. The molecule has 0 aliphatic carbocycles. The van der Waals surface area contributed by atoms with Gasteiger partial charge in [0.05, 0.1) is 5.56 Å². The van der Waals surface area contributed by atoms with Crippen LogP contribution >= 0.6 is 0 Å². The van der Waals surface area contributed by atoms with E-state index in [1.54, 1.807) is 0 Å². The van der Waals surface area contributed by atoms with Crippen molar-refractivity contribution in [3.05, 3.63) is 59.2 Å². The topological polar surface area (TPSA) is 67.8 Å². The third-order valence-corrected chi connectivity index (χ3v) is 3.27. The first-order chi connectivity index (χ1) is 10.0. The Balaban J connectivity index is 2.38. The Hall–Kier alpha value is -2.49. The lowest BCUT2D eigenvalue weighted by Crippen LogP contribution is -2.14. The number of hydrogen-bond acceptors (Lipinski definition) is 3. The van der Waals surface area contributed by atoms with Gasteiger partial charge in [-0.05, 0) is 42.7 Å². The molecule has 0 fully saturated rings. The van der Waals surface area contributed by atoms with Crippen molar-refractivity contribution >= 4 is 5.84 Å². The van der Waals surface area contributed by atoms with Gasteiger partial charge in [-0.2, -0.15) is 0 Å². The van der Waals surface area contributed by atoms with Crippen LogP contribution < -0.4 is 10.5 Å². The first kappa shape index (κ1) is 14.9. The summed E-state index contributed by atoms with van der Waals surface area (Å²) in [5.41, 5.74) is 8.50. The first-order valence-electron chi connectivity index (χ1n) is 6.87. The number of ether oxygens (including phenoxy) is 1. The van der Waals surface area contributed by atoms with Gasteiger partial charge in [-0.1, -0.05) is 42.8 Å². The fraction of sp³-hybridized carbons (Fsp3) is 0.235. The van der Waals surface area contributed by atoms with Crippen molar-refractivity contribution in [1.29, 1.82) is 0 Å². The molecule has 4 nitrogen and oxygen atoms in total. The van der Waals surface area contributed by atoms with E-state index in [1.165, 1.54) is 5.56 Å². The molecule has 0 aromatic heterocycles. The molecule has 0 bridgehead atoms. The van der Waals surface area contributed by atoms with Gasteiger partial charge in [0, 0.05) is 0 Å². The molecule has 0 aliphatic rings. The molecule has 0 aliphatic heterocycles. The fourth-order valence-electron chi connectivity index (χ4n) is 2.05. The minimum atomic E-state index is 0.0358. The smallest absolute Gasteiger partial charge is 0.173 e. The average Bonchev–Trinajstić information content (AvgIpc) is 2.48. The molecule has 4 heteroatoms. The van der Waals surface area contributed by atoms with Crippen LogP contribution in [0, 0.1) is 6.92 Å². The van der Waals surface area contributed by atoms with E-state index in [0.29, 0.717) is 17.2 Å². The highest BCUT2D eigenvalue weighted by Crippen LogP contribution is 2.28. The normalized spacial score (nSPS) is 11.7. The van der Waals surface area contributed by atoms with Crippen LogP contribution in [0.15, 0.2) is 47.6 Å². The summed E-state index contributed by atoms with van der Waals surface area (Å²) in [7, 11) is 0. The number of aryl methyl sites for hydroxylation is 1. The lowest BCUT2D eigenvalue weighted by molar-refractivity contribution is 0.318. The highest BCUT2D eigenvalue weighted by Gasteiger charge is 2.10. The van der Waals surface area contributed by atoms with Crippen LogP contribution in [0.25, 0.3) is 0 Å². The zero-order chi connectivity index (χ0) is 15.4. The maximum absolute atomic E-state index is 8.89. The number of rotatable bonds is 4. The summed E-state index contributed by atoms with van der Waals surface area (Å²) in [6, 6.07) is 13.5. The number of oxime groups is 1. The second-order valence-corrected chi connectivity index (χ2v) is 5.31. The molecule has 2 aromatic carbocycles. The second-order valence-electron chi connectivity index (χ2n) is 5.31. The van der Waals surface area contributed by atoms with Crippen LogP contribution in [-0.2, 0) is 0 Å². The quantitative estimate of drug-likeness (QED) is 0.386. The Morgan fingerprint density at radius 3 is 2.62 bits per heavy atom. The van der Waals surface area contributed by atoms with Gasteiger partial charge >= 0.3 is 0 Å². The largest absolute Gasteiger partial charge is 0.457 e. The minimum Gasteiger partial charge on any atom is -0.457 e. The van der Waals surface area contributed by atoms with E-state index in [9.17, 15) is 0 Å². The van der Waals surface area contributed by atoms with Crippen molar-refractivity contribution in [2.45, 2.75) is 26.7 Å². The second kappa shape index (κ2) is 6.31. The molecule has 0 atom stereocenters. The molecule has 3 N–H and O–H groups in total. The van der Waals surface area contributed by atoms with Crippen LogP contribution in [0.3, 0.4) is 0 Å². The SMILES string of the molecule is Cc1ccc(Oc2cccc(C(C)C)c2)c(/C(N)=N/O)c1. The minimum absolute atomic E-state index is 0.0358. The number of nitrogens with two attached hydrogens (primary N) is 1. The highest BCUT2D eigenvalue weighted by molar-refractivity contribution is 5.99. The maximum Gasteiger partial charge on any atom is 0.173 e. The summed E-state index contributed by atoms with van der Waals surface area (Å²) in [6.45, 7) is 6.21. The molecule has 2 rings (SSSR count). The molecule has 2 aromatic rings. The van der Waals surface area contributed by atoms with Crippen molar-refractivity contribution in [3.8, 4) is 11.5 Å². The summed E-state index contributed by atoms with van der Waals surface area (Å²) >= 11 is 0. The lowest BCUT2D eigenvalue weighted by atomic mass is 10.0. The van der Waals surface area contributed by atoms with Crippen molar-refractivity contribution in [2.24, 2.45) is 10.9 Å². The van der Waals surface area contributed by atoms with Gasteiger partial charge in [0.1, 0.15) is 11.5 Å². The van der Waals surface area contributed by atoms with Crippen LogP contribution in [0.1, 0.15) is 36.5 Å². The van der Waals surface area contributed by atoms with Crippen molar-refractivity contribution in [3.63, 3.8) is 0 Å². The molecule has 0 unspecified atom stereocenters. The number of benzene rings is 2. The van der Waals surface area contributed by atoms with E-state index < -0.39 is 0 Å². The predicted octanol–water partition coefficient (Wildman–Crippen LogP) is 4.01. The van der Waals surface area contributed by atoms with Crippen LogP contribution in [0.5, 0.6) is 11.5 Å². The lowest BCUT2D eigenvalue weighted by Gasteiger charge is -2.13. The van der Waals surface area contributed by atoms with E-state index in [4.69, 9.17) is 15.7 Å². The van der Waals surface area contributed by atoms with E-state index >= 15 is 0 Å². The summed E-state index contributed by atoms with van der Waals surface area (Å²) in [4.78, 5) is 0. The van der Waals surface area contributed by atoms with Gasteiger partial charge in [-0.25, -0.2) is 0 Å². The molecule has 0 saturated heterocycles. The molecular formula is C17H20N2O2. The van der Waals surface area contributed by atoms with E-state index in [-0.39, 0.29) is 5.84 Å². The maximum atomic E-state index is 8.89. The van der Waals surface area contributed by atoms with Gasteiger partial charge in [0.25, 0.3) is 0 Å². The van der Waals surface area contributed by atoms with Crippen molar-refractivity contribution in [2.75, 3.05) is 0 Å². The number of amidine groups is 1.